The predicted molar refractivity (Wildman–Crippen MR) is 98.9 cm³/mol. The molecule has 25 heavy (non-hydrogen) atoms. The van der Waals surface area contributed by atoms with Crippen molar-refractivity contribution < 1.29 is 9.72 Å². The average Bonchev–Trinajstić information content (AvgIpc) is 2.54. The molecule has 0 fully saturated rings. The standard InChI is InChI=1S/C20H24N2O3/c1-13-6-7-16(12-18(13)22(24)25)19(23)21-14(2)15-8-10-17(11-9-15)20(3,4)5/h6-12,14H,1-5H3,(H,21,23)/t14-/m0/s1. The molecule has 0 unspecified atom stereocenters. The van der Waals surface area contributed by atoms with Crippen LogP contribution in [0.1, 0.15) is 60.8 Å². The Labute approximate surface area is 148 Å². The van der Waals surface area contributed by atoms with Gasteiger partial charge in [-0.05, 0) is 36.5 Å². The molecule has 0 radical (unpaired) electrons. The van der Waals surface area contributed by atoms with E-state index in [0.717, 1.165) is 5.56 Å². The lowest BCUT2D eigenvalue weighted by atomic mass is 9.86. The lowest BCUT2D eigenvalue weighted by molar-refractivity contribution is -0.385. The molecule has 0 aromatic heterocycles. The number of nitrogens with one attached hydrogen (secondary N) is 1. The lowest BCUT2D eigenvalue weighted by Gasteiger charge is -2.20. The average molecular weight is 340 g/mol. The SMILES string of the molecule is Cc1ccc(C(=O)N[C@@H](C)c2ccc(C(C)(C)C)cc2)cc1[N+](=O)[O-]. The predicted octanol–water partition coefficient (Wildman–Crippen LogP) is 4.69. The molecule has 0 saturated heterocycles. The molecule has 132 valence electrons. The summed E-state index contributed by atoms with van der Waals surface area (Å²) in [7, 11) is 0. The van der Waals surface area contributed by atoms with E-state index in [-0.39, 0.29) is 28.6 Å². The Morgan fingerprint density at radius 2 is 1.72 bits per heavy atom. The molecule has 2 rings (SSSR count). The third-order valence-electron chi connectivity index (χ3n) is 4.29. The van der Waals surface area contributed by atoms with Gasteiger partial charge in [0.1, 0.15) is 0 Å². The Hall–Kier alpha value is -2.69. The number of hydrogen-bond donors (Lipinski definition) is 1. The number of nitro groups is 1. The first-order valence-electron chi connectivity index (χ1n) is 8.26. The van der Waals surface area contributed by atoms with Crippen LogP contribution in [0.5, 0.6) is 0 Å². The maximum absolute atomic E-state index is 12.4. The van der Waals surface area contributed by atoms with Gasteiger partial charge < -0.3 is 5.32 Å². The van der Waals surface area contributed by atoms with Crippen LogP contribution >= 0.6 is 0 Å². The Morgan fingerprint density at radius 1 is 1.12 bits per heavy atom. The molecule has 5 heteroatoms. The van der Waals surface area contributed by atoms with Crippen molar-refractivity contribution in [1.29, 1.82) is 0 Å². The van der Waals surface area contributed by atoms with Gasteiger partial charge in [0.05, 0.1) is 11.0 Å². The van der Waals surface area contributed by atoms with E-state index >= 15 is 0 Å². The summed E-state index contributed by atoms with van der Waals surface area (Å²) in [5, 5.41) is 13.9. The number of benzene rings is 2. The Kier molecular flexibility index (Phi) is 5.26. The fourth-order valence-corrected chi connectivity index (χ4v) is 2.58. The molecule has 0 saturated carbocycles. The minimum Gasteiger partial charge on any atom is -0.346 e. The van der Waals surface area contributed by atoms with Crippen molar-refractivity contribution in [3.05, 3.63) is 74.8 Å². The monoisotopic (exact) mass is 340 g/mol. The first kappa shape index (κ1) is 18.6. The van der Waals surface area contributed by atoms with E-state index in [9.17, 15) is 14.9 Å². The number of amides is 1. The van der Waals surface area contributed by atoms with Gasteiger partial charge in [-0.1, -0.05) is 51.1 Å². The largest absolute Gasteiger partial charge is 0.346 e. The summed E-state index contributed by atoms with van der Waals surface area (Å²) in [6.07, 6.45) is 0. The van der Waals surface area contributed by atoms with Gasteiger partial charge in [0.2, 0.25) is 0 Å². The number of rotatable bonds is 4. The van der Waals surface area contributed by atoms with Crippen LogP contribution in [-0.2, 0) is 5.41 Å². The molecule has 5 nitrogen and oxygen atoms in total. The van der Waals surface area contributed by atoms with E-state index < -0.39 is 4.92 Å². The lowest BCUT2D eigenvalue weighted by Crippen LogP contribution is -2.26. The van der Waals surface area contributed by atoms with Gasteiger partial charge >= 0.3 is 0 Å². The molecule has 2 aromatic rings. The van der Waals surface area contributed by atoms with Crippen LogP contribution in [0.4, 0.5) is 5.69 Å². The zero-order chi connectivity index (χ0) is 18.8. The molecule has 0 aliphatic carbocycles. The second-order valence-electron chi connectivity index (χ2n) is 7.33. The smallest absolute Gasteiger partial charge is 0.273 e. The highest BCUT2D eigenvalue weighted by atomic mass is 16.6. The molecule has 0 aliphatic heterocycles. The number of carbonyl (C=O) groups is 1. The van der Waals surface area contributed by atoms with Crippen molar-refractivity contribution in [2.24, 2.45) is 0 Å². The summed E-state index contributed by atoms with van der Waals surface area (Å²) >= 11 is 0. The summed E-state index contributed by atoms with van der Waals surface area (Å²) < 4.78 is 0. The summed E-state index contributed by atoms with van der Waals surface area (Å²) in [5.74, 6) is -0.324. The van der Waals surface area contributed by atoms with E-state index in [1.54, 1.807) is 19.1 Å². The Bertz CT molecular complexity index is 790. The maximum atomic E-state index is 12.4. The van der Waals surface area contributed by atoms with Crippen molar-refractivity contribution >= 4 is 11.6 Å². The first-order chi connectivity index (χ1) is 11.6. The molecule has 0 spiro atoms. The highest BCUT2D eigenvalue weighted by molar-refractivity contribution is 5.95. The van der Waals surface area contributed by atoms with Crippen molar-refractivity contribution in [1.82, 2.24) is 5.32 Å². The Morgan fingerprint density at radius 3 is 2.24 bits per heavy atom. The van der Waals surface area contributed by atoms with Crippen molar-refractivity contribution in [3.8, 4) is 0 Å². The van der Waals surface area contributed by atoms with Crippen LogP contribution in [0.25, 0.3) is 0 Å². The molecule has 0 heterocycles. The number of hydrogen-bond acceptors (Lipinski definition) is 3. The van der Waals surface area contributed by atoms with E-state index in [1.165, 1.54) is 11.6 Å². The molecule has 1 N–H and O–H groups in total. The number of nitrogens with zero attached hydrogens (tertiary/aromatic N) is 1. The van der Waals surface area contributed by atoms with Crippen LogP contribution in [0.15, 0.2) is 42.5 Å². The normalized spacial score (nSPS) is 12.5. The topological polar surface area (TPSA) is 72.2 Å². The third kappa shape index (κ3) is 4.44. The number of nitro benzene ring substituents is 1. The molecule has 2 aromatic carbocycles. The first-order valence-corrected chi connectivity index (χ1v) is 8.26. The number of aryl methyl sites for hydroxylation is 1. The summed E-state index contributed by atoms with van der Waals surface area (Å²) in [5.41, 5.74) is 3.07. The highest BCUT2D eigenvalue weighted by Gasteiger charge is 2.18. The fourth-order valence-electron chi connectivity index (χ4n) is 2.58. The van der Waals surface area contributed by atoms with Gasteiger partial charge in [-0.15, -0.1) is 0 Å². The second-order valence-corrected chi connectivity index (χ2v) is 7.33. The van der Waals surface area contributed by atoms with E-state index in [4.69, 9.17) is 0 Å². The second kappa shape index (κ2) is 7.05. The van der Waals surface area contributed by atoms with Gasteiger partial charge in [-0.2, -0.15) is 0 Å². The van der Waals surface area contributed by atoms with E-state index in [2.05, 4.69) is 38.2 Å². The van der Waals surface area contributed by atoms with Crippen LogP contribution in [0, 0.1) is 17.0 Å². The quantitative estimate of drug-likeness (QED) is 0.648. The minimum absolute atomic E-state index is 0.0465. The minimum atomic E-state index is -0.471. The van der Waals surface area contributed by atoms with Crippen molar-refractivity contribution in [2.75, 3.05) is 0 Å². The Balaban J connectivity index is 2.15. The molecule has 1 amide bonds. The van der Waals surface area contributed by atoms with Crippen LogP contribution in [-0.4, -0.2) is 10.8 Å². The van der Waals surface area contributed by atoms with Crippen LogP contribution in [0.2, 0.25) is 0 Å². The molecule has 1 atom stereocenters. The summed E-state index contributed by atoms with van der Waals surface area (Å²) in [4.78, 5) is 23.0. The van der Waals surface area contributed by atoms with Gasteiger partial charge in [-0.3, -0.25) is 14.9 Å². The van der Waals surface area contributed by atoms with Gasteiger partial charge in [0, 0.05) is 17.2 Å². The third-order valence-corrected chi connectivity index (χ3v) is 4.29. The molecular weight excluding hydrogens is 316 g/mol. The molecule has 0 aliphatic rings. The fraction of sp³-hybridized carbons (Fsp3) is 0.350. The van der Waals surface area contributed by atoms with E-state index in [1.807, 2.05) is 19.1 Å². The van der Waals surface area contributed by atoms with Crippen molar-refractivity contribution in [3.63, 3.8) is 0 Å². The zero-order valence-corrected chi connectivity index (χ0v) is 15.3. The van der Waals surface area contributed by atoms with Crippen molar-refractivity contribution in [2.45, 2.75) is 46.1 Å². The molecular formula is C20H24N2O3. The highest BCUT2D eigenvalue weighted by Crippen LogP contribution is 2.24. The zero-order valence-electron chi connectivity index (χ0n) is 15.3. The van der Waals surface area contributed by atoms with Gasteiger partial charge in [0.15, 0.2) is 0 Å². The maximum Gasteiger partial charge on any atom is 0.273 e. The van der Waals surface area contributed by atoms with Crippen LogP contribution < -0.4 is 5.32 Å². The van der Waals surface area contributed by atoms with E-state index in [0.29, 0.717) is 5.56 Å². The van der Waals surface area contributed by atoms with Crippen LogP contribution in [0.3, 0.4) is 0 Å². The van der Waals surface area contributed by atoms with Gasteiger partial charge in [0.25, 0.3) is 11.6 Å². The summed E-state index contributed by atoms with van der Waals surface area (Å²) in [6, 6.07) is 12.5. The summed E-state index contributed by atoms with van der Waals surface area (Å²) in [6.45, 7) is 10.00. The molecule has 0 bridgehead atoms. The van der Waals surface area contributed by atoms with Gasteiger partial charge in [-0.25, -0.2) is 0 Å². The number of carbonyl (C=O) groups excluding carboxylic acids is 1.